The van der Waals surface area contributed by atoms with Crippen LogP contribution in [0.1, 0.15) is 26.3 Å². The van der Waals surface area contributed by atoms with E-state index in [9.17, 15) is 0 Å². The summed E-state index contributed by atoms with van der Waals surface area (Å²) < 4.78 is 0. The van der Waals surface area contributed by atoms with Crippen molar-refractivity contribution in [3.8, 4) is 0 Å². The Kier molecular flexibility index (Phi) is 2.74. The summed E-state index contributed by atoms with van der Waals surface area (Å²) in [5.41, 5.74) is 1.83. The van der Waals surface area contributed by atoms with E-state index in [0.29, 0.717) is 5.41 Å². The van der Waals surface area contributed by atoms with Gasteiger partial charge in [-0.25, -0.2) is 0 Å². The van der Waals surface area contributed by atoms with Crippen LogP contribution in [-0.2, 0) is 0 Å². The van der Waals surface area contributed by atoms with Gasteiger partial charge in [-0.2, -0.15) is 0 Å². The Labute approximate surface area is 100 Å². The van der Waals surface area contributed by atoms with Gasteiger partial charge in [0.1, 0.15) is 0 Å². The van der Waals surface area contributed by atoms with Crippen LogP contribution >= 0.6 is 27.6 Å². The summed E-state index contributed by atoms with van der Waals surface area (Å²) in [4.78, 5) is 0. The lowest BCUT2D eigenvalue weighted by molar-refractivity contribution is 0.540. The lowest BCUT2D eigenvalue weighted by Crippen LogP contribution is -2.00. The molecule has 0 unspecified atom stereocenters. The molecule has 0 radical (unpaired) electrons. The Balaban J connectivity index is 2.35. The van der Waals surface area contributed by atoms with Crippen LogP contribution in [0, 0.1) is 5.41 Å². The molecule has 14 heavy (non-hydrogen) atoms. The standard InChI is InChI=1S/C12H14IP/c1-12(2,3)11-10(14(11)13)9-7-5-4-6-8-9/h4-8H,1-3H3/t14-/m1/s1. The van der Waals surface area contributed by atoms with Crippen LogP contribution in [0.4, 0.5) is 0 Å². The molecule has 0 N–H and O–H groups in total. The van der Waals surface area contributed by atoms with Gasteiger partial charge in [-0.15, -0.1) is 0 Å². The smallest absolute Gasteiger partial charge is 0.0196 e. The van der Waals surface area contributed by atoms with Crippen molar-refractivity contribution in [2.75, 3.05) is 0 Å². The number of hydrogen-bond acceptors (Lipinski definition) is 0. The first-order chi connectivity index (χ1) is 6.52. The SMILES string of the molecule is CC(C)(C)C1=C(c2ccccc2)[P@@]1I. The van der Waals surface area contributed by atoms with Crippen LogP contribution < -0.4 is 0 Å². The monoisotopic (exact) mass is 316 g/mol. The summed E-state index contributed by atoms with van der Waals surface area (Å²) in [5.74, 6) is 0. The van der Waals surface area contributed by atoms with Gasteiger partial charge in [-0.05, 0) is 38.3 Å². The van der Waals surface area contributed by atoms with Crippen molar-refractivity contribution in [1.29, 1.82) is 0 Å². The molecule has 0 saturated carbocycles. The molecule has 0 amide bonds. The van der Waals surface area contributed by atoms with Crippen molar-refractivity contribution >= 4 is 32.9 Å². The molecule has 1 aromatic carbocycles. The second-order valence-electron chi connectivity index (χ2n) is 4.59. The number of allylic oxidation sites excluding steroid dienone is 1. The second-order valence-corrected chi connectivity index (χ2v) is 8.94. The van der Waals surface area contributed by atoms with Gasteiger partial charge in [-0.3, -0.25) is 0 Å². The summed E-state index contributed by atoms with van der Waals surface area (Å²) in [6, 6.07) is 10.8. The highest BCUT2D eigenvalue weighted by Crippen LogP contribution is 2.83. The Hall–Kier alpha value is 0.120. The van der Waals surface area contributed by atoms with E-state index < -0.39 is 0 Å². The summed E-state index contributed by atoms with van der Waals surface area (Å²) in [6.45, 7) is 6.94. The molecule has 0 saturated heterocycles. The Bertz CT molecular complexity index is 373. The number of benzene rings is 1. The highest BCUT2D eigenvalue weighted by Gasteiger charge is 2.41. The van der Waals surface area contributed by atoms with Crippen molar-refractivity contribution in [3.05, 3.63) is 41.2 Å². The van der Waals surface area contributed by atoms with Crippen LogP contribution in [0.15, 0.2) is 35.6 Å². The molecule has 0 fully saturated rings. The maximum absolute atomic E-state index is 2.60. The second kappa shape index (κ2) is 3.61. The topological polar surface area (TPSA) is 0 Å². The normalized spacial score (nSPS) is 21.3. The van der Waals surface area contributed by atoms with E-state index in [1.165, 1.54) is 5.56 Å². The van der Waals surface area contributed by atoms with Crippen molar-refractivity contribution in [3.63, 3.8) is 0 Å². The first-order valence-electron chi connectivity index (χ1n) is 4.78. The van der Waals surface area contributed by atoms with E-state index in [2.05, 4.69) is 73.1 Å². The van der Waals surface area contributed by atoms with Crippen LogP contribution in [-0.4, -0.2) is 0 Å². The fraction of sp³-hybridized carbons (Fsp3) is 0.333. The lowest BCUT2D eigenvalue weighted by Gasteiger charge is -2.13. The predicted molar refractivity (Wildman–Crippen MR) is 73.8 cm³/mol. The van der Waals surface area contributed by atoms with Crippen molar-refractivity contribution < 1.29 is 0 Å². The van der Waals surface area contributed by atoms with Crippen LogP contribution in [0.3, 0.4) is 0 Å². The highest BCUT2D eigenvalue weighted by molar-refractivity contribution is 14.2. The molecule has 74 valence electrons. The molecular weight excluding hydrogens is 302 g/mol. The Morgan fingerprint density at radius 1 is 1.07 bits per heavy atom. The van der Waals surface area contributed by atoms with Gasteiger partial charge in [0.05, 0.1) is 0 Å². The van der Waals surface area contributed by atoms with Gasteiger partial charge in [0.25, 0.3) is 0 Å². The molecule has 0 aromatic heterocycles. The molecule has 0 spiro atoms. The summed E-state index contributed by atoms with van der Waals surface area (Å²) in [5, 5.41) is 3.30. The highest BCUT2D eigenvalue weighted by atomic mass is 127. The third-order valence-electron chi connectivity index (χ3n) is 2.32. The van der Waals surface area contributed by atoms with E-state index in [1.54, 1.807) is 10.6 Å². The van der Waals surface area contributed by atoms with E-state index in [-0.39, 0.29) is 5.56 Å². The van der Waals surface area contributed by atoms with E-state index in [1.807, 2.05) is 0 Å². The van der Waals surface area contributed by atoms with E-state index in [0.717, 1.165) is 0 Å². The van der Waals surface area contributed by atoms with Crippen LogP contribution in [0.5, 0.6) is 0 Å². The average Bonchev–Trinajstić information content (AvgIpc) is 2.78. The average molecular weight is 316 g/mol. The zero-order valence-electron chi connectivity index (χ0n) is 8.71. The minimum Gasteiger partial charge on any atom is -0.0622 e. The molecule has 1 atom stereocenters. The maximum atomic E-state index is 2.60. The van der Waals surface area contributed by atoms with Gasteiger partial charge in [0, 0.05) is 10.9 Å². The fourth-order valence-corrected chi connectivity index (χ4v) is 8.17. The van der Waals surface area contributed by atoms with Crippen LogP contribution in [0.25, 0.3) is 5.31 Å². The van der Waals surface area contributed by atoms with Crippen molar-refractivity contribution in [2.45, 2.75) is 20.8 Å². The fourth-order valence-electron chi connectivity index (χ4n) is 1.64. The van der Waals surface area contributed by atoms with Gasteiger partial charge < -0.3 is 0 Å². The van der Waals surface area contributed by atoms with Crippen molar-refractivity contribution in [2.24, 2.45) is 5.41 Å². The molecule has 0 bridgehead atoms. The van der Waals surface area contributed by atoms with E-state index in [4.69, 9.17) is 0 Å². The lowest BCUT2D eigenvalue weighted by atomic mass is 9.95. The Morgan fingerprint density at radius 3 is 2.07 bits per heavy atom. The number of hydrogen-bond donors (Lipinski definition) is 0. The largest absolute Gasteiger partial charge is 0.0622 e. The first kappa shape index (κ1) is 10.6. The molecule has 1 heterocycles. The van der Waals surface area contributed by atoms with Gasteiger partial charge >= 0.3 is 0 Å². The quantitative estimate of drug-likeness (QED) is 0.490. The van der Waals surface area contributed by atoms with Gasteiger partial charge in [0.15, 0.2) is 0 Å². The molecule has 2 rings (SSSR count). The van der Waals surface area contributed by atoms with Gasteiger partial charge in [0.2, 0.25) is 0 Å². The maximum Gasteiger partial charge on any atom is 0.0196 e. The third kappa shape index (κ3) is 1.90. The first-order valence-corrected chi connectivity index (χ1v) is 8.90. The van der Waals surface area contributed by atoms with Crippen molar-refractivity contribution in [1.82, 2.24) is 0 Å². The predicted octanol–water partition coefficient (Wildman–Crippen LogP) is 5.25. The molecule has 1 aliphatic heterocycles. The third-order valence-corrected chi connectivity index (χ3v) is 7.16. The Morgan fingerprint density at radius 2 is 1.64 bits per heavy atom. The molecule has 1 aliphatic rings. The molecule has 0 nitrogen and oxygen atoms in total. The molecule has 2 heteroatoms. The zero-order valence-corrected chi connectivity index (χ0v) is 11.8. The van der Waals surface area contributed by atoms with Gasteiger partial charge in [-0.1, -0.05) is 51.1 Å². The molecule has 1 aromatic rings. The minimum absolute atomic E-state index is 0.0418. The number of halogens is 1. The minimum atomic E-state index is 0.0418. The number of rotatable bonds is 1. The van der Waals surface area contributed by atoms with Crippen LogP contribution in [0.2, 0.25) is 0 Å². The molecular formula is C12H14IP. The molecule has 0 aliphatic carbocycles. The zero-order chi connectivity index (χ0) is 10.3. The summed E-state index contributed by atoms with van der Waals surface area (Å²) in [6.07, 6.45) is 0. The summed E-state index contributed by atoms with van der Waals surface area (Å²) in [7, 11) is 0. The van der Waals surface area contributed by atoms with E-state index >= 15 is 0 Å². The summed E-state index contributed by atoms with van der Waals surface area (Å²) >= 11 is 2.60.